The number of nitrogens with one attached hydrogen (secondary N) is 2. The summed E-state index contributed by atoms with van der Waals surface area (Å²) in [4.78, 5) is 13.0. The molecule has 4 nitrogen and oxygen atoms in total. The highest BCUT2D eigenvalue weighted by atomic mass is 16.5. The normalized spacial score (nSPS) is 21.7. The minimum absolute atomic E-state index is 0.0616. The lowest BCUT2D eigenvalue weighted by Crippen LogP contribution is -2.55. The minimum Gasteiger partial charge on any atom is -0.368 e. The number of carbonyl (C=O) groups is 1. The fourth-order valence-electron chi connectivity index (χ4n) is 4.61. The third-order valence-corrected chi connectivity index (χ3v) is 6.55. The molecule has 1 saturated heterocycles. The molecule has 2 aliphatic rings. The molecule has 0 radical (unpaired) electrons. The van der Waals surface area contributed by atoms with Crippen molar-refractivity contribution in [2.75, 3.05) is 26.7 Å². The highest BCUT2D eigenvalue weighted by Crippen LogP contribution is 2.41. The van der Waals surface area contributed by atoms with E-state index in [1.807, 2.05) is 0 Å². The molecule has 1 aromatic carbocycles. The van der Waals surface area contributed by atoms with Gasteiger partial charge in [0, 0.05) is 19.1 Å². The standard InChI is InChI=1S/C22H34N2O2/c1-17(2)18-6-8-19(9-7-18)21(10-4-5-11-21)16-24-20(25)22(26-3)12-14-23-15-13-22/h6-9,17,23H,4-5,10-16H2,1-3H3,(H,24,25). The number of methoxy groups -OCH3 is 1. The molecule has 1 aromatic rings. The van der Waals surface area contributed by atoms with Crippen molar-refractivity contribution in [1.29, 1.82) is 0 Å². The van der Waals surface area contributed by atoms with Gasteiger partial charge in [-0.15, -0.1) is 0 Å². The van der Waals surface area contributed by atoms with Crippen molar-refractivity contribution in [3.05, 3.63) is 35.4 Å². The molecule has 0 atom stereocenters. The van der Waals surface area contributed by atoms with E-state index < -0.39 is 5.60 Å². The zero-order chi connectivity index (χ0) is 18.6. The summed E-state index contributed by atoms with van der Waals surface area (Å²) in [5.41, 5.74) is 2.16. The second-order valence-electron chi connectivity index (χ2n) is 8.40. The van der Waals surface area contributed by atoms with Crippen molar-refractivity contribution in [1.82, 2.24) is 10.6 Å². The van der Waals surface area contributed by atoms with E-state index in [1.54, 1.807) is 7.11 Å². The van der Waals surface area contributed by atoms with E-state index in [0.717, 1.165) is 38.8 Å². The largest absolute Gasteiger partial charge is 0.368 e. The van der Waals surface area contributed by atoms with Gasteiger partial charge in [-0.2, -0.15) is 0 Å². The Morgan fingerprint density at radius 1 is 1.12 bits per heavy atom. The summed E-state index contributed by atoms with van der Waals surface area (Å²) in [5.74, 6) is 0.608. The first-order valence-electron chi connectivity index (χ1n) is 10.2. The van der Waals surface area contributed by atoms with E-state index >= 15 is 0 Å². The van der Waals surface area contributed by atoms with Gasteiger partial charge in [0.25, 0.3) is 5.91 Å². The van der Waals surface area contributed by atoms with Gasteiger partial charge in [0.2, 0.25) is 0 Å². The van der Waals surface area contributed by atoms with Crippen molar-refractivity contribution < 1.29 is 9.53 Å². The SMILES string of the molecule is COC1(C(=O)NCC2(c3ccc(C(C)C)cc3)CCCC2)CCNCC1. The van der Waals surface area contributed by atoms with Crippen LogP contribution in [0.4, 0.5) is 0 Å². The summed E-state index contributed by atoms with van der Waals surface area (Å²) >= 11 is 0. The predicted molar refractivity (Wildman–Crippen MR) is 106 cm³/mol. The maximum atomic E-state index is 13.0. The van der Waals surface area contributed by atoms with Gasteiger partial charge < -0.3 is 15.4 Å². The van der Waals surface area contributed by atoms with Gasteiger partial charge in [0.05, 0.1) is 0 Å². The average molecular weight is 359 g/mol. The van der Waals surface area contributed by atoms with Crippen LogP contribution >= 0.6 is 0 Å². The smallest absolute Gasteiger partial charge is 0.252 e. The Morgan fingerprint density at radius 2 is 1.73 bits per heavy atom. The number of carbonyl (C=O) groups excluding carboxylic acids is 1. The predicted octanol–water partition coefficient (Wildman–Crippen LogP) is 3.51. The quantitative estimate of drug-likeness (QED) is 0.818. The van der Waals surface area contributed by atoms with Crippen LogP contribution in [0.2, 0.25) is 0 Å². The van der Waals surface area contributed by atoms with Gasteiger partial charge in [-0.1, -0.05) is 51.0 Å². The minimum atomic E-state index is -0.660. The van der Waals surface area contributed by atoms with Crippen LogP contribution in [-0.2, 0) is 14.9 Å². The van der Waals surface area contributed by atoms with Crippen molar-refractivity contribution in [2.45, 2.75) is 69.3 Å². The summed E-state index contributed by atoms with van der Waals surface area (Å²) in [7, 11) is 1.67. The summed E-state index contributed by atoms with van der Waals surface area (Å²) in [6, 6.07) is 9.07. The van der Waals surface area contributed by atoms with Crippen LogP contribution in [0.15, 0.2) is 24.3 Å². The van der Waals surface area contributed by atoms with Gasteiger partial charge in [-0.3, -0.25) is 4.79 Å². The molecular formula is C22H34N2O2. The molecule has 1 heterocycles. The number of hydrogen-bond donors (Lipinski definition) is 2. The molecule has 2 N–H and O–H groups in total. The van der Waals surface area contributed by atoms with E-state index in [1.165, 1.54) is 24.0 Å². The summed E-state index contributed by atoms with van der Waals surface area (Å²) in [5, 5.41) is 6.58. The maximum Gasteiger partial charge on any atom is 0.252 e. The van der Waals surface area contributed by atoms with Gasteiger partial charge in [-0.25, -0.2) is 0 Å². The molecule has 2 fully saturated rings. The van der Waals surface area contributed by atoms with E-state index in [9.17, 15) is 4.79 Å². The van der Waals surface area contributed by atoms with Crippen LogP contribution in [0.3, 0.4) is 0 Å². The lowest BCUT2D eigenvalue weighted by molar-refractivity contribution is -0.147. The molecule has 0 unspecified atom stereocenters. The molecule has 144 valence electrons. The second kappa shape index (κ2) is 8.10. The third-order valence-electron chi connectivity index (χ3n) is 6.55. The highest BCUT2D eigenvalue weighted by molar-refractivity contribution is 5.85. The van der Waals surface area contributed by atoms with E-state index in [0.29, 0.717) is 12.5 Å². The number of piperidine rings is 1. The number of hydrogen-bond acceptors (Lipinski definition) is 3. The molecule has 4 heteroatoms. The second-order valence-corrected chi connectivity index (χ2v) is 8.40. The Hall–Kier alpha value is -1.39. The van der Waals surface area contributed by atoms with Crippen molar-refractivity contribution in [3.63, 3.8) is 0 Å². The summed E-state index contributed by atoms with van der Waals surface area (Å²) < 4.78 is 5.68. The molecular weight excluding hydrogens is 324 g/mol. The molecule has 3 rings (SSSR count). The number of ether oxygens (including phenoxy) is 1. The molecule has 26 heavy (non-hydrogen) atoms. The van der Waals surface area contributed by atoms with Gasteiger partial charge in [0.1, 0.15) is 5.60 Å². The number of amides is 1. The Labute approximate surface area is 158 Å². The highest BCUT2D eigenvalue weighted by Gasteiger charge is 2.42. The zero-order valence-electron chi connectivity index (χ0n) is 16.6. The van der Waals surface area contributed by atoms with Crippen molar-refractivity contribution in [2.24, 2.45) is 0 Å². The molecule has 1 saturated carbocycles. The zero-order valence-corrected chi connectivity index (χ0v) is 16.6. The van der Waals surface area contributed by atoms with Crippen LogP contribution < -0.4 is 10.6 Å². The van der Waals surface area contributed by atoms with Gasteiger partial charge in [-0.05, 0) is 55.8 Å². The average Bonchev–Trinajstić information content (AvgIpc) is 3.17. The Morgan fingerprint density at radius 3 is 2.27 bits per heavy atom. The topological polar surface area (TPSA) is 50.4 Å². The fourth-order valence-corrected chi connectivity index (χ4v) is 4.61. The fraction of sp³-hybridized carbons (Fsp3) is 0.682. The van der Waals surface area contributed by atoms with Crippen molar-refractivity contribution >= 4 is 5.91 Å². The maximum absolute atomic E-state index is 13.0. The summed E-state index contributed by atoms with van der Waals surface area (Å²) in [6.07, 6.45) is 6.25. The molecule has 1 aliphatic carbocycles. The Kier molecular flexibility index (Phi) is 6.03. The van der Waals surface area contributed by atoms with Crippen LogP contribution in [0.1, 0.15) is 69.4 Å². The monoisotopic (exact) mass is 358 g/mol. The van der Waals surface area contributed by atoms with Gasteiger partial charge in [0.15, 0.2) is 0 Å². The van der Waals surface area contributed by atoms with E-state index in [-0.39, 0.29) is 11.3 Å². The first-order valence-corrected chi connectivity index (χ1v) is 10.2. The van der Waals surface area contributed by atoms with Crippen molar-refractivity contribution in [3.8, 4) is 0 Å². The molecule has 0 bridgehead atoms. The number of rotatable bonds is 6. The van der Waals surface area contributed by atoms with Crippen LogP contribution in [0.25, 0.3) is 0 Å². The molecule has 0 spiro atoms. The first kappa shape index (κ1) is 19.4. The Balaban J connectivity index is 1.73. The third kappa shape index (κ3) is 3.81. The van der Waals surface area contributed by atoms with Gasteiger partial charge >= 0.3 is 0 Å². The lowest BCUT2D eigenvalue weighted by Gasteiger charge is -2.37. The van der Waals surface area contributed by atoms with Crippen LogP contribution in [-0.4, -0.2) is 38.3 Å². The number of benzene rings is 1. The Bertz CT molecular complexity index is 597. The van der Waals surface area contributed by atoms with Crippen LogP contribution in [0.5, 0.6) is 0 Å². The van der Waals surface area contributed by atoms with Crippen LogP contribution in [0, 0.1) is 0 Å². The van der Waals surface area contributed by atoms with E-state index in [2.05, 4.69) is 48.7 Å². The molecule has 0 aromatic heterocycles. The first-order chi connectivity index (χ1) is 12.5. The lowest BCUT2D eigenvalue weighted by atomic mass is 9.78. The molecule has 1 amide bonds. The van der Waals surface area contributed by atoms with E-state index in [4.69, 9.17) is 4.74 Å². The molecule has 1 aliphatic heterocycles. The summed E-state index contributed by atoms with van der Waals surface area (Å²) in [6.45, 7) is 6.84.